The molecule has 0 spiro atoms. The summed E-state index contributed by atoms with van der Waals surface area (Å²) in [6, 6.07) is 13.1. The van der Waals surface area contributed by atoms with Gasteiger partial charge in [0.25, 0.3) is 5.78 Å². The molecule has 1 aliphatic rings. The van der Waals surface area contributed by atoms with Crippen LogP contribution in [-0.2, 0) is 9.59 Å². The average molecular weight is 507 g/mol. The maximum absolute atomic E-state index is 13.8. The lowest BCUT2D eigenvalue weighted by Gasteiger charge is -2.23. The molecule has 0 saturated carbocycles. The van der Waals surface area contributed by atoms with Crippen molar-refractivity contribution in [3.05, 3.63) is 94.1 Å². The van der Waals surface area contributed by atoms with Crippen molar-refractivity contribution in [1.29, 1.82) is 0 Å². The third-order valence-corrected chi connectivity index (χ3v) is 7.11. The number of rotatable bonds is 4. The highest BCUT2D eigenvalue weighted by molar-refractivity contribution is 7.22. The van der Waals surface area contributed by atoms with Crippen LogP contribution in [0.2, 0.25) is 0 Å². The molecule has 5 rings (SSSR count). The molecule has 3 aromatic carbocycles. The normalized spacial score (nSPS) is 17.2. The Morgan fingerprint density at radius 2 is 1.81 bits per heavy atom. The molecule has 36 heavy (non-hydrogen) atoms. The fourth-order valence-electron chi connectivity index (χ4n) is 4.38. The van der Waals surface area contributed by atoms with E-state index in [1.54, 1.807) is 37.3 Å². The molecule has 2 heterocycles. The first kappa shape index (κ1) is 23.6. The topological polar surface area (TPSA) is 79.7 Å². The molecule has 1 amide bonds. The van der Waals surface area contributed by atoms with Crippen LogP contribution in [0.15, 0.2) is 60.2 Å². The Morgan fingerprint density at radius 1 is 1.06 bits per heavy atom. The third kappa shape index (κ3) is 3.81. The number of ketones is 1. The molecule has 0 radical (unpaired) electrons. The number of ether oxygens (including phenoxy) is 1. The fourth-order valence-corrected chi connectivity index (χ4v) is 5.38. The van der Waals surface area contributed by atoms with Gasteiger partial charge < -0.3 is 9.84 Å². The van der Waals surface area contributed by atoms with Crippen molar-refractivity contribution in [2.24, 2.45) is 0 Å². The van der Waals surface area contributed by atoms with Crippen LogP contribution in [0.3, 0.4) is 0 Å². The Bertz CT molecular complexity index is 1560. The zero-order valence-corrected chi connectivity index (χ0v) is 20.3. The van der Waals surface area contributed by atoms with Crippen LogP contribution in [0.25, 0.3) is 16.0 Å². The molecule has 0 aliphatic carbocycles. The molecule has 6 nitrogen and oxygen atoms in total. The largest absolute Gasteiger partial charge is 0.507 e. The van der Waals surface area contributed by atoms with Crippen molar-refractivity contribution < 1.29 is 28.2 Å². The number of halogens is 2. The van der Waals surface area contributed by atoms with Crippen molar-refractivity contribution in [2.75, 3.05) is 12.0 Å². The van der Waals surface area contributed by atoms with Crippen LogP contribution in [0.1, 0.15) is 28.3 Å². The van der Waals surface area contributed by atoms with Crippen LogP contribution < -0.4 is 9.64 Å². The Balaban J connectivity index is 1.73. The molecule has 1 aromatic heterocycles. The van der Waals surface area contributed by atoms with Crippen LogP contribution in [-0.4, -0.2) is 28.9 Å². The van der Waals surface area contributed by atoms with E-state index in [-0.39, 0.29) is 22.0 Å². The second-order valence-corrected chi connectivity index (χ2v) is 9.51. The van der Waals surface area contributed by atoms with E-state index in [0.29, 0.717) is 21.6 Å². The minimum atomic E-state index is -1.06. The Hall–Kier alpha value is -4.11. The molecule has 1 unspecified atom stereocenters. The number of hydrogen-bond acceptors (Lipinski definition) is 6. The SMILES string of the molecule is COc1ccc(/C(O)=C2\C(=O)C(=O)N(c3nc4cc(F)c(F)cc4s3)C2c2cccc(C)c2)cc1C. The summed E-state index contributed by atoms with van der Waals surface area (Å²) in [5, 5.41) is 11.4. The molecule has 1 atom stereocenters. The Kier molecular flexibility index (Phi) is 5.80. The maximum Gasteiger partial charge on any atom is 0.301 e. The molecule has 4 aromatic rings. The predicted molar refractivity (Wildman–Crippen MR) is 133 cm³/mol. The first-order valence-corrected chi connectivity index (χ1v) is 11.8. The summed E-state index contributed by atoms with van der Waals surface area (Å²) >= 11 is 0.957. The van der Waals surface area contributed by atoms with Gasteiger partial charge in [0.05, 0.1) is 28.9 Å². The van der Waals surface area contributed by atoms with Crippen LogP contribution in [0.4, 0.5) is 13.9 Å². The molecular formula is C27H20F2N2O4S. The van der Waals surface area contributed by atoms with Gasteiger partial charge in [-0.25, -0.2) is 13.8 Å². The number of fused-ring (bicyclic) bond motifs is 1. The number of aliphatic hydroxyl groups is 1. The van der Waals surface area contributed by atoms with E-state index in [0.717, 1.165) is 34.6 Å². The van der Waals surface area contributed by atoms with E-state index in [1.165, 1.54) is 12.0 Å². The van der Waals surface area contributed by atoms with Crippen LogP contribution >= 0.6 is 11.3 Å². The van der Waals surface area contributed by atoms with Crippen molar-refractivity contribution in [1.82, 2.24) is 4.98 Å². The fraction of sp³-hybridized carbons (Fsp3) is 0.148. The quantitative estimate of drug-likeness (QED) is 0.214. The number of thiazole rings is 1. The van der Waals surface area contributed by atoms with E-state index in [4.69, 9.17) is 4.74 Å². The van der Waals surface area contributed by atoms with E-state index in [1.807, 2.05) is 19.1 Å². The van der Waals surface area contributed by atoms with Gasteiger partial charge in [0, 0.05) is 11.6 Å². The number of anilines is 1. The number of Topliss-reactive ketones (excluding diaryl/α,β-unsaturated/α-hetero) is 1. The minimum Gasteiger partial charge on any atom is -0.507 e. The summed E-state index contributed by atoms with van der Waals surface area (Å²) in [7, 11) is 1.53. The summed E-state index contributed by atoms with van der Waals surface area (Å²) in [5.74, 6) is -3.61. The van der Waals surface area contributed by atoms with E-state index >= 15 is 0 Å². The number of benzene rings is 3. The lowest BCUT2D eigenvalue weighted by Crippen LogP contribution is -2.29. The smallest absolute Gasteiger partial charge is 0.301 e. The second-order valence-electron chi connectivity index (χ2n) is 8.50. The number of methoxy groups -OCH3 is 1. The predicted octanol–water partition coefficient (Wildman–Crippen LogP) is 5.83. The number of carbonyl (C=O) groups excluding carboxylic acids is 2. The standard InChI is InChI=1S/C27H20F2N2O4S/c1-13-5-4-6-15(9-13)23-22(24(32)16-7-8-20(35-3)14(2)10-16)25(33)26(34)31(23)27-30-19-11-17(28)18(29)12-21(19)36-27/h4-12,23,32H,1-3H3/b24-22+. The molecule has 1 N–H and O–H groups in total. The van der Waals surface area contributed by atoms with Gasteiger partial charge in [-0.2, -0.15) is 0 Å². The van der Waals surface area contributed by atoms with Crippen molar-refractivity contribution in [3.8, 4) is 5.75 Å². The zero-order chi connectivity index (χ0) is 25.7. The van der Waals surface area contributed by atoms with E-state index < -0.39 is 29.4 Å². The minimum absolute atomic E-state index is 0.0913. The number of carbonyl (C=O) groups is 2. The molecular weight excluding hydrogens is 486 g/mol. The summed E-state index contributed by atoms with van der Waals surface area (Å²) in [5.41, 5.74) is 2.59. The first-order valence-electron chi connectivity index (χ1n) is 11.0. The van der Waals surface area contributed by atoms with Gasteiger partial charge in [-0.05, 0) is 49.2 Å². The van der Waals surface area contributed by atoms with Gasteiger partial charge >= 0.3 is 5.91 Å². The highest BCUT2D eigenvalue weighted by atomic mass is 32.1. The summed E-state index contributed by atoms with van der Waals surface area (Å²) in [6.45, 7) is 3.66. The van der Waals surface area contributed by atoms with E-state index in [9.17, 15) is 23.5 Å². The van der Waals surface area contributed by atoms with Gasteiger partial charge in [0.1, 0.15) is 11.5 Å². The lowest BCUT2D eigenvalue weighted by atomic mass is 9.94. The monoisotopic (exact) mass is 506 g/mol. The average Bonchev–Trinajstić information content (AvgIpc) is 3.36. The summed E-state index contributed by atoms with van der Waals surface area (Å²) in [4.78, 5) is 32.2. The molecule has 1 fully saturated rings. The lowest BCUT2D eigenvalue weighted by molar-refractivity contribution is -0.132. The second kappa shape index (κ2) is 8.83. The summed E-state index contributed by atoms with van der Waals surface area (Å²) < 4.78 is 33.2. The van der Waals surface area contributed by atoms with Crippen LogP contribution in [0.5, 0.6) is 5.75 Å². The molecule has 182 valence electrons. The first-order chi connectivity index (χ1) is 17.2. The van der Waals surface area contributed by atoms with Gasteiger partial charge in [-0.1, -0.05) is 41.2 Å². The van der Waals surface area contributed by atoms with Crippen molar-refractivity contribution in [3.63, 3.8) is 0 Å². The number of aromatic nitrogens is 1. The van der Waals surface area contributed by atoms with Crippen molar-refractivity contribution >= 4 is 44.1 Å². The van der Waals surface area contributed by atoms with Gasteiger partial charge in [0.2, 0.25) is 0 Å². The van der Waals surface area contributed by atoms with E-state index in [2.05, 4.69) is 4.98 Å². The number of aryl methyl sites for hydroxylation is 2. The van der Waals surface area contributed by atoms with Gasteiger partial charge in [-0.15, -0.1) is 0 Å². The summed E-state index contributed by atoms with van der Waals surface area (Å²) in [6.07, 6.45) is 0. The highest BCUT2D eigenvalue weighted by Crippen LogP contribution is 2.44. The molecule has 0 bridgehead atoms. The highest BCUT2D eigenvalue weighted by Gasteiger charge is 2.48. The number of amides is 1. The number of aliphatic hydroxyl groups excluding tert-OH is 1. The third-order valence-electron chi connectivity index (χ3n) is 6.10. The molecule has 1 saturated heterocycles. The molecule has 1 aliphatic heterocycles. The van der Waals surface area contributed by atoms with Crippen molar-refractivity contribution in [2.45, 2.75) is 19.9 Å². The molecule has 9 heteroatoms. The Morgan fingerprint density at radius 3 is 2.50 bits per heavy atom. The Labute approximate surface area is 209 Å². The van der Waals surface area contributed by atoms with Gasteiger partial charge in [0.15, 0.2) is 16.8 Å². The number of hydrogen-bond donors (Lipinski definition) is 1. The van der Waals surface area contributed by atoms with Gasteiger partial charge in [-0.3, -0.25) is 14.5 Å². The zero-order valence-electron chi connectivity index (χ0n) is 19.5. The maximum atomic E-state index is 13.8. The van der Waals surface area contributed by atoms with Crippen LogP contribution in [0, 0.1) is 25.5 Å². The number of nitrogens with zero attached hydrogens (tertiary/aromatic N) is 2.